The van der Waals surface area contributed by atoms with Crippen LogP contribution in [-0.2, 0) is 14.6 Å². The molecule has 1 fully saturated rings. The van der Waals surface area contributed by atoms with Crippen LogP contribution in [0.3, 0.4) is 0 Å². The molecule has 0 spiro atoms. The summed E-state index contributed by atoms with van der Waals surface area (Å²) in [6, 6.07) is 8.35. The number of nitrogens with zero attached hydrogens (tertiary/aromatic N) is 1. The number of likely N-dealkylation sites (tertiary alicyclic amines) is 1. The van der Waals surface area contributed by atoms with Gasteiger partial charge in [-0.2, -0.15) is 0 Å². The van der Waals surface area contributed by atoms with Crippen LogP contribution in [0.1, 0.15) is 46.5 Å². The molecule has 0 atom stereocenters. The minimum Gasteiger partial charge on any atom is -0.392 e. The second kappa shape index (κ2) is 10.6. The smallest absolute Gasteiger partial charge is 0.223 e. The molecule has 1 aliphatic rings. The zero-order chi connectivity index (χ0) is 21.4. The molecule has 6 heteroatoms. The predicted octanol–water partition coefficient (Wildman–Crippen LogP) is 3.87. The van der Waals surface area contributed by atoms with Crippen LogP contribution >= 0.6 is 0 Å². The lowest BCUT2D eigenvalue weighted by atomic mass is 9.89. The lowest BCUT2D eigenvalue weighted by Crippen LogP contribution is -2.40. The molecule has 1 aromatic rings. The van der Waals surface area contributed by atoms with Crippen LogP contribution in [0.25, 0.3) is 0 Å². The highest BCUT2D eigenvalue weighted by Gasteiger charge is 2.25. The Balaban J connectivity index is 0.000000330. The molecule has 1 saturated heterocycles. The fourth-order valence-electron chi connectivity index (χ4n) is 3.07. The Bertz CT molecular complexity index is 729. The Hall–Kier alpha value is -1.82. The minimum atomic E-state index is -3.00. The number of carbonyl (C=O) groups excluding carboxylic acids is 1. The van der Waals surface area contributed by atoms with E-state index in [-0.39, 0.29) is 5.41 Å². The highest BCUT2D eigenvalue weighted by Crippen LogP contribution is 2.25. The number of benzene rings is 1. The summed E-state index contributed by atoms with van der Waals surface area (Å²) in [4.78, 5) is 14.5. The topological polar surface area (TPSA) is 66.5 Å². The van der Waals surface area contributed by atoms with Crippen LogP contribution in [0, 0.1) is 11.3 Å². The summed E-state index contributed by atoms with van der Waals surface area (Å²) >= 11 is 0. The zero-order valence-electron chi connectivity index (χ0n) is 18.0. The summed E-state index contributed by atoms with van der Waals surface area (Å²) in [6.45, 7) is 12.2. The summed E-state index contributed by atoms with van der Waals surface area (Å²) in [5.74, 6) is 0.997. The lowest BCUT2D eigenvalue weighted by Gasteiger charge is -2.34. The molecule has 0 aromatic heterocycles. The lowest BCUT2D eigenvalue weighted by molar-refractivity contribution is -0.134. The van der Waals surface area contributed by atoms with Crippen LogP contribution in [0.5, 0.6) is 0 Å². The number of piperidine rings is 1. The third-order valence-corrected chi connectivity index (χ3v) is 5.84. The summed E-state index contributed by atoms with van der Waals surface area (Å²) in [7, 11) is -1.08. The molecule has 28 heavy (non-hydrogen) atoms. The van der Waals surface area contributed by atoms with E-state index >= 15 is 0 Å². The van der Waals surface area contributed by atoms with Gasteiger partial charge in [-0.25, -0.2) is 8.42 Å². The van der Waals surface area contributed by atoms with Crippen molar-refractivity contribution in [2.45, 2.75) is 51.3 Å². The molecule has 0 unspecified atom stereocenters. The van der Waals surface area contributed by atoms with E-state index in [1.54, 1.807) is 30.3 Å². The Morgan fingerprint density at radius 3 is 2.11 bits per heavy atom. The first kappa shape index (κ1) is 24.2. The first-order valence-corrected chi connectivity index (χ1v) is 11.7. The second-order valence-corrected chi connectivity index (χ2v) is 10.7. The number of amides is 1. The Kier molecular flexibility index (Phi) is 9.21. The van der Waals surface area contributed by atoms with E-state index in [0.29, 0.717) is 23.1 Å². The van der Waals surface area contributed by atoms with Crippen LogP contribution in [0.2, 0.25) is 0 Å². The Morgan fingerprint density at radius 1 is 1.18 bits per heavy atom. The zero-order valence-corrected chi connectivity index (χ0v) is 18.8. The van der Waals surface area contributed by atoms with Crippen molar-refractivity contribution in [3.8, 4) is 0 Å². The van der Waals surface area contributed by atoms with E-state index in [9.17, 15) is 13.2 Å². The maximum absolute atomic E-state index is 12.1. The van der Waals surface area contributed by atoms with Gasteiger partial charge in [-0.3, -0.25) is 4.79 Å². The van der Waals surface area contributed by atoms with E-state index < -0.39 is 9.84 Å². The van der Waals surface area contributed by atoms with Gasteiger partial charge in [0.15, 0.2) is 9.84 Å². The number of nitrogens with one attached hydrogen (secondary N) is 1. The van der Waals surface area contributed by atoms with Crippen LogP contribution in [0.15, 0.2) is 47.5 Å². The molecule has 2 rings (SSSR count). The van der Waals surface area contributed by atoms with Gasteiger partial charge >= 0.3 is 0 Å². The largest absolute Gasteiger partial charge is 0.392 e. The van der Waals surface area contributed by atoms with Gasteiger partial charge in [0.25, 0.3) is 0 Å². The average Bonchev–Trinajstić information content (AvgIpc) is 2.61. The first-order chi connectivity index (χ1) is 12.9. The summed E-state index contributed by atoms with van der Waals surface area (Å²) in [6.07, 6.45) is 5.11. The standard InChI is InChI=1S/C15H28N2O.C7H8O2S/c1-12(16-5)10-13-6-8-17(9-7-13)14(18)11-15(2,3)4;1-10(8,9)7-5-3-2-4-6-7/h13,16H,1,6-11H2,2-5H3;2-6H,1H3. The van der Waals surface area contributed by atoms with Crippen molar-refractivity contribution in [3.63, 3.8) is 0 Å². The van der Waals surface area contributed by atoms with Gasteiger partial charge in [0.05, 0.1) is 4.90 Å². The van der Waals surface area contributed by atoms with E-state index in [2.05, 4.69) is 32.7 Å². The van der Waals surface area contributed by atoms with E-state index in [1.807, 2.05) is 11.9 Å². The molecule has 1 aliphatic heterocycles. The number of carbonyl (C=O) groups is 1. The molecular formula is C22H36N2O3S. The van der Waals surface area contributed by atoms with Gasteiger partial charge in [-0.05, 0) is 42.7 Å². The molecule has 1 amide bonds. The number of hydrogen-bond donors (Lipinski definition) is 1. The van der Waals surface area contributed by atoms with Crippen molar-refractivity contribution >= 4 is 15.7 Å². The number of allylic oxidation sites excluding steroid dienone is 1. The molecule has 0 radical (unpaired) electrons. The molecule has 1 aromatic carbocycles. The molecule has 158 valence electrons. The van der Waals surface area contributed by atoms with Gasteiger partial charge in [-0.1, -0.05) is 45.5 Å². The third kappa shape index (κ3) is 9.40. The summed E-state index contributed by atoms with van der Waals surface area (Å²) in [5, 5.41) is 3.10. The van der Waals surface area contributed by atoms with Crippen LogP contribution in [0.4, 0.5) is 0 Å². The minimum absolute atomic E-state index is 0.0916. The third-order valence-electron chi connectivity index (χ3n) is 4.71. The van der Waals surface area contributed by atoms with E-state index in [4.69, 9.17) is 0 Å². The van der Waals surface area contributed by atoms with Crippen molar-refractivity contribution in [1.29, 1.82) is 0 Å². The predicted molar refractivity (Wildman–Crippen MR) is 116 cm³/mol. The van der Waals surface area contributed by atoms with Crippen molar-refractivity contribution in [2.75, 3.05) is 26.4 Å². The molecular weight excluding hydrogens is 372 g/mol. The Morgan fingerprint density at radius 2 is 1.71 bits per heavy atom. The van der Waals surface area contributed by atoms with Gasteiger partial charge in [0, 0.05) is 38.5 Å². The number of sulfone groups is 1. The van der Waals surface area contributed by atoms with Crippen molar-refractivity contribution < 1.29 is 13.2 Å². The fourth-order valence-corrected chi connectivity index (χ4v) is 3.72. The molecule has 1 heterocycles. The quantitative estimate of drug-likeness (QED) is 0.803. The first-order valence-electron chi connectivity index (χ1n) is 9.81. The van der Waals surface area contributed by atoms with Gasteiger partial charge in [0.1, 0.15) is 0 Å². The molecule has 0 aliphatic carbocycles. The van der Waals surface area contributed by atoms with Crippen LogP contribution in [-0.4, -0.2) is 45.6 Å². The highest BCUT2D eigenvalue weighted by molar-refractivity contribution is 7.90. The Labute approximate surface area is 171 Å². The molecule has 5 nitrogen and oxygen atoms in total. The van der Waals surface area contributed by atoms with E-state index in [1.165, 1.54) is 6.26 Å². The fraction of sp³-hybridized carbons (Fsp3) is 0.591. The van der Waals surface area contributed by atoms with E-state index in [0.717, 1.165) is 38.0 Å². The molecule has 0 saturated carbocycles. The van der Waals surface area contributed by atoms with Gasteiger partial charge in [-0.15, -0.1) is 0 Å². The van der Waals surface area contributed by atoms with Crippen molar-refractivity contribution in [1.82, 2.24) is 10.2 Å². The van der Waals surface area contributed by atoms with Gasteiger partial charge < -0.3 is 10.2 Å². The number of rotatable bonds is 5. The molecule has 1 N–H and O–H groups in total. The number of hydrogen-bond acceptors (Lipinski definition) is 4. The highest BCUT2D eigenvalue weighted by atomic mass is 32.2. The van der Waals surface area contributed by atoms with Crippen molar-refractivity contribution in [2.24, 2.45) is 11.3 Å². The SMILES string of the molecule is C=C(CC1CCN(C(=O)CC(C)(C)C)CC1)NC.CS(=O)(=O)c1ccccc1. The normalized spacial score (nSPS) is 15.4. The summed E-state index contributed by atoms with van der Waals surface area (Å²) in [5.41, 5.74) is 1.20. The maximum Gasteiger partial charge on any atom is 0.223 e. The van der Waals surface area contributed by atoms with Gasteiger partial charge in [0.2, 0.25) is 5.91 Å². The van der Waals surface area contributed by atoms with Crippen molar-refractivity contribution in [3.05, 3.63) is 42.6 Å². The summed E-state index contributed by atoms with van der Waals surface area (Å²) < 4.78 is 21.7. The molecule has 0 bridgehead atoms. The second-order valence-electron chi connectivity index (χ2n) is 8.70. The maximum atomic E-state index is 12.1. The monoisotopic (exact) mass is 408 g/mol. The average molecular weight is 409 g/mol. The van der Waals surface area contributed by atoms with Crippen LogP contribution < -0.4 is 5.32 Å².